The average Bonchev–Trinajstić information content (AvgIpc) is 1.39. The molecule has 6 fully saturated rings. The van der Waals surface area contributed by atoms with Gasteiger partial charge in [0.05, 0.1) is 110 Å². The standard InChI is InChI=1S/C38H41N3O10S2.C21H19ClO2.C16H22N4O8S2.C9H18ClN2OP.2C5H11NO/c1-25(42)39-29-17-18-41(33(43)23-29)36-35(51-37(52)40-19-21-53(45,46)22-20-40)34(44)32(50-36)24-49-38(26-7-5-4-6-8-26,27-9-13-30(47-2)14-10-27)28-11-15-31(48-3)16-12-28;1-23-19-12-8-17(9-13-19)21(22,16-6-4-3-5-7-16)18-10-14-20(24-2)15-11-18;1-9(22)17-11-2-3-20(15(24)18-11)14-13(12(23)10(8-21)27-14)28-16(29)19-4-6-30(25,26)7-5-19;1-8(2)12(9(3)4)14(10)13-7-5-6-11;2*1-6-2-4-7-5-3-6/h4-18,23,32,34-36,44H,19-22,24H2,1-3H3,(H,39,42);3-15H,1-2H3;2-3,10,12-14,21,23H,4-8H2,1H3,(H,17,18,22,24);8-9H,5,7H2,1-4H3;2*2-5H2,1H3/t32-,34?,35+,36-;;10-,12?,13+,14-;;;/m1.1.../s1. The number of nitriles is 1. The van der Waals surface area contributed by atoms with E-state index in [0.717, 1.165) is 102 Å². The minimum absolute atomic E-state index is 0.0304. The van der Waals surface area contributed by atoms with Crippen LogP contribution in [0.5, 0.6) is 23.0 Å². The third-order valence-electron chi connectivity index (χ3n) is 22.3. The van der Waals surface area contributed by atoms with Crippen LogP contribution < -0.4 is 40.8 Å². The number of hydrogen-bond donors (Lipinski definition) is 5. The van der Waals surface area contributed by atoms with Crippen molar-refractivity contribution in [2.24, 2.45) is 0 Å². The van der Waals surface area contributed by atoms with Crippen molar-refractivity contribution < 1.29 is 98.4 Å². The van der Waals surface area contributed by atoms with E-state index in [1.807, 2.05) is 164 Å². The maximum absolute atomic E-state index is 13.4. The summed E-state index contributed by atoms with van der Waals surface area (Å²) in [6.45, 7) is 19.2. The van der Waals surface area contributed by atoms with E-state index in [1.165, 1.54) is 49.0 Å². The monoisotopic (exact) mass is 2000 g/mol. The van der Waals surface area contributed by atoms with Crippen molar-refractivity contribution in [3.8, 4) is 29.1 Å². The van der Waals surface area contributed by atoms with Crippen LogP contribution in [-0.2, 0) is 77.4 Å². The van der Waals surface area contributed by atoms with E-state index in [9.17, 15) is 51.3 Å². The second kappa shape index (κ2) is 52.9. The third-order valence-corrected chi connectivity index (χ3v) is 29.4. The Kier molecular flexibility index (Phi) is 42.8. The first-order valence-electron chi connectivity index (χ1n) is 43.8. The third kappa shape index (κ3) is 31.0. The zero-order valence-electron chi connectivity index (χ0n) is 77.7. The number of aliphatic hydroxyl groups excluding tert-OH is 3. The van der Waals surface area contributed by atoms with Crippen LogP contribution in [0.1, 0.15) is 93.8 Å². The number of carbonyl (C=O) groups is 2. The van der Waals surface area contributed by atoms with Crippen LogP contribution in [0.25, 0.3) is 0 Å². The molecule has 8 heterocycles. The molecule has 2 aromatic heterocycles. The average molecular weight is 2000 g/mol. The van der Waals surface area contributed by atoms with Crippen LogP contribution >= 0.6 is 54.9 Å². The molecule has 6 aliphatic rings. The first-order valence-corrected chi connectivity index (χ1v) is 50.7. The van der Waals surface area contributed by atoms with Gasteiger partial charge in [0.25, 0.3) is 15.9 Å². The number of morpholine rings is 2. The number of alkyl halides is 1. The molecule has 6 saturated heterocycles. The highest BCUT2D eigenvalue weighted by Gasteiger charge is 2.51. The molecule has 0 saturated carbocycles. The quantitative estimate of drug-likeness (QED) is 0.0111. The Morgan fingerprint density at radius 3 is 1.32 bits per heavy atom. The number of carbonyl (C=O) groups excluding carboxylic acids is 2. The molecule has 0 bridgehead atoms. The molecule has 3 unspecified atom stereocenters. The van der Waals surface area contributed by atoms with Gasteiger partial charge >= 0.3 is 5.69 Å². The maximum atomic E-state index is 13.4. The number of nitrogens with one attached hydrogen (secondary N) is 2. The Bertz CT molecular complexity index is 5340. The molecule has 9 atom stereocenters. The van der Waals surface area contributed by atoms with Gasteiger partial charge in [0.15, 0.2) is 44.3 Å². The number of benzene rings is 6. The molecule has 14 rings (SSSR count). The number of sulfone groups is 2. The number of anilines is 2. The number of likely N-dealkylation sites (N-methyl/N-ethyl adjacent to an activating group) is 2. The predicted molar refractivity (Wildman–Crippen MR) is 524 cm³/mol. The molecular formula is C94H122Cl2N11O23PS4. The molecule has 2 amide bonds. The second-order valence-corrected chi connectivity index (χ2v) is 40.4. The maximum Gasteiger partial charge on any atom is 0.351 e. The molecule has 0 radical (unpaired) electrons. The number of aliphatic hydroxyl groups is 3. The number of rotatable bonds is 26. The minimum Gasteiger partial charge on any atom is -0.497 e. The number of pyridine rings is 1. The summed E-state index contributed by atoms with van der Waals surface area (Å²) in [6, 6.07) is 57.3. The molecule has 135 heavy (non-hydrogen) atoms. The summed E-state index contributed by atoms with van der Waals surface area (Å²) in [4.78, 5) is 59.3. The number of ether oxygens (including phenoxy) is 11. The van der Waals surface area contributed by atoms with Gasteiger partial charge in [0.1, 0.15) is 63.7 Å². The van der Waals surface area contributed by atoms with Gasteiger partial charge in [-0.1, -0.05) is 109 Å². The lowest BCUT2D eigenvalue weighted by Gasteiger charge is -2.37. The summed E-state index contributed by atoms with van der Waals surface area (Å²) in [7, 11) is 3.31. The van der Waals surface area contributed by atoms with Crippen LogP contribution in [0.2, 0.25) is 0 Å². The van der Waals surface area contributed by atoms with Crippen LogP contribution in [-0.4, -0.2) is 306 Å². The van der Waals surface area contributed by atoms with Crippen LogP contribution in [0.4, 0.5) is 11.5 Å². The number of hydrogen-bond acceptors (Lipinski definition) is 30. The van der Waals surface area contributed by atoms with Gasteiger partial charge < -0.3 is 102 Å². The number of thiocarbonyl (C=S) groups is 2. The van der Waals surface area contributed by atoms with Gasteiger partial charge in [-0.3, -0.25) is 23.5 Å². The summed E-state index contributed by atoms with van der Waals surface area (Å²) in [6.07, 6.45) is -6.31. The predicted octanol–water partition coefficient (Wildman–Crippen LogP) is 9.98. The van der Waals surface area contributed by atoms with E-state index in [-0.39, 0.29) is 83.6 Å². The Balaban J connectivity index is 0.000000209. The van der Waals surface area contributed by atoms with Gasteiger partial charge in [-0.2, -0.15) is 10.2 Å². The largest absolute Gasteiger partial charge is 0.497 e. The summed E-state index contributed by atoms with van der Waals surface area (Å²) in [5.74, 6) is 1.88. The molecule has 0 spiro atoms. The zero-order valence-corrected chi connectivity index (χ0v) is 83.4. The Morgan fingerprint density at radius 1 is 0.570 bits per heavy atom. The topological polar surface area (TPSA) is 395 Å². The van der Waals surface area contributed by atoms with Crippen molar-refractivity contribution in [2.45, 2.75) is 120 Å². The lowest BCUT2D eigenvalue weighted by atomic mass is 9.80. The number of methoxy groups -OCH3 is 4. The fraction of sp³-hybridized carbons (Fsp3) is 0.468. The van der Waals surface area contributed by atoms with Gasteiger partial charge in [-0.05, 0) is 172 Å². The van der Waals surface area contributed by atoms with E-state index in [4.69, 9.17) is 109 Å². The van der Waals surface area contributed by atoms with Crippen molar-refractivity contribution in [3.63, 3.8) is 0 Å². The van der Waals surface area contributed by atoms with E-state index < -0.39 is 111 Å². The van der Waals surface area contributed by atoms with Gasteiger partial charge in [-0.15, -0.1) is 11.6 Å². The minimum atomic E-state index is -3.20. The van der Waals surface area contributed by atoms with E-state index >= 15 is 0 Å². The highest BCUT2D eigenvalue weighted by molar-refractivity contribution is 7.91. The van der Waals surface area contributed by atoms with E-state index in [2.05, 4.69) is 71.9 Å². The molecular weight excluding hydrogens is 1880 g/mol. The van der Waals surface area contributed by atoms with Crippen molar-refractivity contribution >= 4 is 108 Å². The van der Waals surface area contributed by atoms with Gasteiger partial charge in [0, 0.05) is 102 Å². The fourth-order valence-electron chi connectivity index (χ4n) is 15.0. The molecule has 734 valence electrons. The van der Waals surface area contributed by atoms with Crippen molar-refractivity contribution in [1.29, 1.82) is 5.26 Å². The molecule has 8 aromatic rings. The van der Waals surface area contributed by atoms with Crippen LogP contribution in [0, 0.1) is 11.3 Å². The lowest BCUT2D eigenvalue weighted by Crippen LogP contribution is -2.47. The normalized spacial score (nSPS) is 20.6. The second-order valence-electron chi connectivity index (χ2n) is 32.5. The lowest BCUT2D eigenvalue weighted by molar-refractivity contribution is -0.115. The van der Waals surface area contributed by atoms with Crippen molar-refractivity contribution in [2.75, 3.05) is 175 Å². The summed E-state index contributed by atoms with van der Waals surface area (Å²) < 4.78 is 120. The zero-order chi connectivity index (χ0) is 98.2. The fourth-order valence-corrected chi connectivity index (χ4v) is 20.8. The van der Waals surface area contributed by atoms with E-state index in [1.54, 1.807) is 38.2 Å². The molecule has 41 heteroatoms. The van der Waals surface area contributed by atoms with E-state index in [0.29, 0.717) is 36.6 Å². The highest BCUT2D eigenvalue weighted by atomic mass is 35.7. The number of halogens is 2. The number of aromatic nitrogens is 3. The SMILES string of the molecule is CC(=O)Nc1ccn([C@@H]2O[C@H](CO)C(O)[C@@H]2OC(=S)N2CCS(=O)(=O)CC2)c(=O)n1.CC(C)N(C(C)C)P(Cl)OCCC#N.CN1CCOCC1.CN1CCOCC1.COc1ccc(C(Cl)(c2ccccc2)c2ccc(OC)cc2)cc1.COc1ccc(C(OC[C@H]2O[C@@H](n3ccc(NC(C)=O)cc3=O)[C@@H](OC(=S)N3CCS(=O)(=O)CC3)C2O)(c2ccccc2)c2ccc(OC)cc2)cc1. The highest BCUT2D eigenvalue weighted by Crippen LogP contribution is 2.50. The summed E-state index contributed by atoms with van der Waals surface area (Å²) in [5.41, 5.74) is 3.04. The first-order chi connectivity index (χ1) is 64.5. The number of amides is 2. The van der Waals surface area contributed by atoms with Gasteiger partial charge in [-0.25, -0.2) is 26.3 Å². The summed E-state index contributed by atoms with van der Waals surface area (Å²) in [5, 5.41) is 45.1. The molecule has 34 nitrogen and oxygen atoms in total. The van der Waals surface area contributed by atoms with Crippen molar-refractivity contribution in [1.82, 2.24) is 38.4 Å². The Labute approximate surface area is 810 Å². The van der Waals surface area contributed by atoms with Crippen LogP contribution in [0.15, 0.2) is 198 Å². The molecule has 6 aliphatic heterocycles. The summed E-state index contributed by atoms with van der Waals surface area (Å²) >= 11 is 24.2. The molecule has 5 N–H and O–H groups in total. The van der Waals surface area contributed by atoms with Crippen molar-refractivity contribution in [3.05, 3.63) is 243 Å². The Hall–Kier alpha value is -9.41. The number of nitrogens with zero attached hydrogens (tertiary/aromatic N) is 9. The molecule has 0 aliphatic carbocycles. The van der Waals surface area contributed by atoms with Gasteiger partial charge in [0.2, 0.25) is 19.5 Å². The Morgan fingerprint density at radius 2 is 0.948 bits per heavy atom. The van der Waals surface area contributed by atoms with Crippen LogP contribution in [0.3, 0.4) is 0 Å². The smallest absolute Gasteiger partial charge is 0.351 e. The molecule has 6 aromatic carbocycles. The first kappa shape index (κ1) is 109.